The number of nitrogens with one attached hydrogen (secondary N) is 1. The molecule has 0 saturated carbocycles. The van der Waals surface area contributed by atoms with Gasteiger partial charge in [-0.1, -0.05) is 22.0 Å². The first-order valence-electron chi connectivity index (χ1n) is 5.63. The van der Waals surface area contributed by atoms with Crippen molar-refractivity contribution < 1.29 is 9.47 Å². The predicted octanol–water partition coefficient (Wildman–Crippen LogP) is 3.23. The highest BCUT2D eigenvalue weighted by Gasteiger charge is 2.16. The lowest BCUT2D eigenvalue weighted by atomic mass is 10.1. The Morgan fingerprint density at radius 1 is 1.47 bits per heavy atom. The average Bonchev–Trinajstić information content (AvgIpc) is 2.73. The summed E-state index contributed by atoms with van der Waals surface area (Å²) < 4.78 is 11.7. The Bertz CT molecular complexity index is 420. The molecule has 1 aliphatic rings. The highest BCUT2D eigenvalue weighted by Crippen LogP contribution is 2.36. The molecule has 17 heavy (non-hydrogen) atoms. The van der Waals surface area contributed by atoms with Crippen molar-refractivity contribution in [1.82, 2.24) is 5.32 Å². The van der Waals surface area contributed by atoms with Gasteiger partial charge in [0.05, 0.1) is 0 Å². The van der Waals surface area contributed by atoms with Crippen molar-refractivity contribution in [3.05, 3.63) is 34.8 Å². The normalized spacial score (nSPS) is 14.7. The molecule has 0 amide bonds. The first kappa shape index (κ1) is 12.5. The minimum atomic E-state index is 0.311. The lowest BCUT2D eigenvalue weighted by molar-refractivity contribution is 0.174. The van der Waals surface area contributed by atoms with Gasteiger partial charge >= 0.3 is 0 Å². The molecule has 92 valence electrons. The van der Waals surface area contributed by atoms with Crippen molar-refractivity contribution in [3.8, 4) is 11.5 Å². The van der Waals surface area contributed by atoms with Crippen molar-refractivity contribution in [2.24, 2.45) is 0 Å². The molecule has 1 heterocycles. The van der Waals surface area contributed by atoms with Crippen LogP contribution in [-0.4, -0.2) is 12.8 Å². The van der Waals surface area contributed by atoms with Crippen molar-refractivity contribution >= 4 is 15.9 Å². The lowest BCUT2D eigenvalue weighted by Crippen LogP contribution is -2.24. The molecule has 0 bridgehead atoms. The van der Waals surface area contributed by atoms with Crippen LogP contribution in [-0.2, 0) is 6.54 Å². The fraction of sp³-hybridized carbons (Fsp3) is 0.385. The highest BCUT2D eigenvalue weighted by molar-refractivity contribution is 9.10. The number of hydrogen-bond acceptors (Lipinski definition) is 3. The zero-order valence-electron chi connectivity index (χ0n) is 9.83. The van der Waals surface area contributed by atoms with E-state index >= 15 is 0 Å². The van der Waals surface area contributed by atoms with E-state index in [9.17, 15) is 0 Å². The molecule has 1 aromatic rings. The van der Waals surface area contributed by atoms with E-state index in [2.05, 4.69) is 34.7 Å². The minimum Gasteiger partial charge on any atom is -0.454 e. The molecule has 1 aliphatic heterocycles. The molecule has 0 saturated heterocycles. The number of ether oxygens (including phenoxy) is 2. The summed E-state index contributed by atoms with van der Waals surface area (Å²) in [5.74, 6) is 1.63. The Morgan fingerprint density at radius 2 is 2.18 bits per heavy atom. The average molecular weight is 298 g/mol. The third-order valence-electron chi connectivity index (χ3n) is 2.70. The summed E-state index contributed by atoms with van der Waals surface area (Å²) in [6.07, 6.45) is 2.88. The van der Waals surface area contributed by atoms with Crippen LogP contribution in [0.5, 0.6) is 11.5 Å². The van der Waals surface area contributed by atoms with Gasteiger partial charge in [0, 0.05) is 17.1 Å². The van der Waals surface area contributed by atoms with E-state index in [0.29, 0.717) is 12.8 Å². The van der Waals surface area contributed by atoms with Crippen LogP contribution in [0.2, 0.25) is 0 Å². The smallest absolute Gasteiger partial charge is 0.231 e. The number of rotatable bonds is 5. The summed E-state index contributed by atoms with van der Waals surface area (Å²) in [6, 6.07) is 4.39. The molecule has 4 heteroatoms. The van der Waals surface area contributed by atoms with Gasteiger partial charge in [0.1, 0.15) is 0 Å². The van der Waals surface area contributed by atoms with Gasteiger partial charge in [-0.2, -0.15) is 0 Å². The quantitative estimate of drug-likeness (QED) is 0.847. The highest BCUT2D eigenvalue weighted by atomic mass is 79.9. The van der Waals surface area contributed by atoms with Gasteiger partial charge in [-0.25, -0.2) is 0 Å². The van der Waals surface area contributed by atoms with E-state index in [1.165, 1.54) is 5.56 Å². The standard InChI is InChI=1S/C13H16BrNO2/c1-3-4-9(2)15-7-10-5-12-13(6-11(10)14)17-8-16-12/h3,5-6,9,15H,1,4,7-8H2,2H3. The molecule has 1 N–H and O–H groups in total. The number of fused-ring (bicyclic) bond motifs is 1. The Hall–Kier alpha value is -1.00. The Balaban J connectivity index is 2.03. The van der Waals surface area contributed by atoms with Crippen LogP contribution in [0.4, 0.5) is 0 Å². The Morgan fingerprint density at radius 3 is 2.88 bits per heavy atom. The first-order chi connectivity index (χ1) is 8.20. The number of benzene rings is 1. The molecular weight excluding hydrogens is 282 g/mol. The molecule has 0 aliphatic carbocycles. The molecule has 0 spiro atoms. The second-order valence-electron chi connectivity index (χ2n) is 4.10. The third-order valence-corrected chi connectivity index (χ3v) is 3.44. The molecule has 0 fully saturated rings. The minimum absolute atomic E-state index is 0.311. The van der Waals surface area contributed by atoms with Crippen LogP contribution < -0.4 is 14.8 Å². The molecule has 1 unspecified atom stereocenters. The largest absolute Gasteiger partial charge is 0.454 e. The van der Waals surface area contributed by atoms with Crippen LogP contribution >= 0.6 is 15.9 Å². The molecule has 1 atom stereocenters. The maximum absolute atomic E-state index is 5.36. The topological polar surface area (TPSA) is 30.5 Å². The number of hydrogen-bond donors (Lipinski definition) is 1. The van der Waals surface area contributed by atoms with Crippen LogP contribution in [0.1, 0.15) is 18.9 Å². The van der Waals surface area contributed by atoms with Gasteiger partial charge in [0.2, 0.25) is 6.79 Å². The van der Waals surface area contributed by atoms with Crippen LogP contribution in [0.25, 0.3) is 0 Å². The van der Waals surface area contributed by atoms with E-state index < -0.39 is 0 Å². The summed E-state index contributed by atoms with van der Waals surface area (Å²) >= 11 is 3.54. The summed E-state index contributed by atoms with van der Waals surface area (Å²) in [5.41, 5.74) is 1.17. The van der Waals surface area contributed by atoms with Crippen LogP contribution in [0, 0.1) is 0 Å². The van der Waals surface area contributed by atoms with Crippen molar-refractivity contribution in [2.45, 2.75) is 25.9 Å². The Kier molecular flexibility index (Phi) is 4.07. The second kappa shape index (κ2) is 5.56. The second-order valence-corrected chi connectivity index (χ2v) is 4.96. The summed E-state index contributed by atoms with van der Waals surface area (Å²) in [5, 5.41) is 3.43. The zero-order valence-corrected chi connectivity index (χ0v) is 11.4. The monoisotopic (exact) mass is 297 g/mol. The SMILES string of the molecule is C=CCC(C)NCc1cc2c(cc1Br)OCO2. The maximum atomic E-state index is 5.36. The van der Waals surface area contributed by atoms with E-state index in [4.69, 9.17) is 9.47 Å². The molecule has 0 aromatic heterocycles. The van der Waals surface area contributed by atoms with Gasteiger partial charge in [-0.3, -0.25) is 0 Å². The maximum Gasteiger partial charge on any atom is 0.231 e. The molecule has 3 nitrogen and oxygen atoms in total. The van der Waals surface area contributed by atoms with Gasteiger partial charge in [-0.05, 0) is 31.0 Å². The fourth-order valence-corrected chi connectivity index (χ4v) is 2.17. The van der Waals surface area contributed by atoms with Gasteiger partial charge in [-0.15, -0.1) is 6.58 Å². The molecule has 1 aromatic carbocycles. The van der Waals surface area contributed by atoms with Crippen molar-refractivity contribution in [3.63, 3.8) is 0 Å². The van der Waals surface area contributed by atoms with E-state index in [-0.39, 0.29) is 0 Å². The summed E-state index contributed by atoms with van der Waals surface area (Å²) in [7, 11) is 0. The Labute approximate surface area is 110 Å². The first-order valence-corrected chi connectivity index (χ1v) is 6.42. The predicted molar refractivity (Wildman–Crippen MR) is 71.4 cm³/mol. The lowest BCUT2D eigenvalue weighted by Gasteiger charge is -2.13. The van der Waals surface area contributed by atoms with Crippen LogP contribution in [0.15, 0.2) is 29.3 Å². The van der Waals surface area contributed by atoms with Gasteiger partial charge < -0.3 is 14.8 Å². The van der Waals surface area contributed by atoms with Crippen molar-refractivity contribution in [2.75, 3.05) is 6.79 Å². The summed E-state index contributed by atoms with van der Waals surface area (Å²) in [6.45, 7) is 6.98. The van der Waals surface area contributed by atoms with E-state index in [1.54, 1.807) is 0 Å². The van der Waals surface area contributed by atoms with E-state index in [1.807, 2.05) is 18.2 Å². The van der Waals surface area contributed by atoms with Crippen LogP contribution in [0.3, 0.4) is 0 Å². The van der Waals surface area contributed by atoms with Gasteiger partial charge in [0.15, 0.2) is 11.5 Å². The molecular formula is C13H16BrNO2. The fourth-order valence-electron chi connectivity index (χ4n) is 1.71. The number of halogens is 1. The van der Waals surface area contributed by atoms with Gasteiger partial charge in [0.25, 0.3) is 0 Å². The molecule has 0 radical (unpaired) electrons. The van der Waals surface area contributed by atoms with Crippen molar-refractivity contribution in [1.29, 1.82) is 0 Å². The zero-order chi connectivity index (χ0) is 12.3. The van der Waals surface area contributed by atoms with E-state index in [0.717, 1.165) is 28.9 Å². The summed E-state index contributed by atoms with van der Waals surface area (Å²) in [4.78, 5) is 0. The molecule has 2 rings (SSSR count). The third kappa shape index (κ3) is 3.01.